The Bertz CT molecular complexity index is 666. The number of rotatable bonds is 3. The normalized spacial score (nSPS) is 20.3. The highest BCUT2D eigenvalue weighted by Gasteiger charge is 2.32. The summed E-state index contributed by atoms with van der Waals surface area (Å²) in [6.07, 6.45) is 0.969. The van der Waals surface area contributed by atoms with Crippen LogP contribution in [0.3, 0.4) is 0 Å². The van der Waals surface area contributed by atoms with Crippen molar-refractivity contribution in [1.29, 1.82) is 0 Å². The zero-order chi connectivity index (χ0) is 15.0. The maximum absolute atomic E-state index is 10.2. The van der Waals surface area contributed by atoms with Crippen LogP contribution in [-0.4, -0.2) is 10.2 Å². The lowest BCUT2D eigenvalue weighted by Crippen LogP contribution is -2.08. The molecule has 0 saturated carbocycles. The number of aliphatic hydroxyl groups excluding tert-OH is 1. The molecule has 3 N–H and O–H groups in total. The molecule has 0 spiro atoms. The van der Waals surface area contributed by atoms with E-state index in [1.54, 1.807) is 6.07 Å². The fourth-order valence-corrected chi connectivity index (χ4v) is 3.44. The molecule has 3 rings (SSSR count). The first kappa shape index (κ1) is 14.0. The zero-order valence-corrected chi connectivity index (χ0v) is 12.4. The first-order valence-electron chi connectivity index (χ1n) is 7.39. The number of aliphatic hydroxyl groups is 1. The maximum atomic E-state index is 10.2. The molecule has 1 aliphatic rings. The number of nitrogens with one attached hydrogen (secondary N) is 1. The zero-order valence-electron chi connectivity index (χ0n) is 12.4. The van der Waals surface area contributed by atoms with Crippen LogP contribution in [0.15, 0.2) is 36.4 Å². The van der Waals surface area contributed by atoms with Crippen LogP contribution < -0.4 is 5.32 Å². The van der Waals surface area contributed by atoms with Gasteiger partial charge in [-0.1, -0.05) is 25.1 Å². The van der Waals surface area contributed by atoms with Crippen LogP contribution in [0.1, 0.15) is 47.6 Å². The third-order valence-corrected chi connectivity index (χ3v) is 4.36. The van der Waals surface area contributed by atoms with Gasteiger partial charge in [0.05, 0.1) is 12.6 Å². The number of hydrogen-bond donors (Lipinski definition) is 3. The van der Waals surface area contributed by atoms with Gasteiger partial charge in [-0.15, -0.1) is 0 Å². The summed E-state index contributed by atoms with van der Waals surface area (Å²) < 4.78 is 0. The second kappa shape index (κ2) is 5.41. The summed E-state index contributed by atoms with van der Waals surface area (Å²) in [5.41, 5.74) is 5.40. The number of hydrogen-bond acceptors (Lipinski definition) is 3. The Morgan fingerprint density at radius 2 is 2.00 bits per heavy atom. The van der Waals surface area contributed by atoms with Crippen molar-refractivity contribution in [3.05, 3.63) is 58.7 Å². The number of aryl methyl sites for hydroxylation is 1. The molecule has 2 unspecified atom stereocenters. The molecule has 0 fully saturated rings. The molecular formula is C18H21NO2. The van der Waals surface area contributed by atoms with Gasteiger partial charge in [-0.25, -0.2) is 0 Å². The average Bonchev–Trinajstić information content (AvgIpc) is 2.81. The first-order chi connectivity index (χ1) is 10.1. The van der Waals surface area contributed by atoms with E-state index >= 15 is 0 Å². The predicted octanol–water partition coefficient (Wildman–Crippen LogP) is 3.85. The van der Waals surface area contributed by atoms with Gasteiger partial charge < -0.3 is 15.5 Å². The van der Waals surface area contributed by atoms with Crippen LogP contribution in [-0.2, 0) is 6.61 Å². The molecule has 0 amide bonds. The quantitative estimate of drug-likeness (QED) is 0.802. The second-order valence-electron chi connectivity index (χ2n) is 5.92. The number of phenols is 1. The summed E-state index contributed by atoms with van der Waals surface area (Å²) in [5, 5.41) is 23.0. The molecule has 0 bridgehead atoms. The highest BCUT2D eigenvalue weighted by molar-refractivity contribution is 5.56. The van der Waals surface area contributed by atoms with Crippen molar-refractivity contribution in [2.75, 3.05) is 5.32 Å². The van der Waals surface area contributed by atoms with Crippen LogP contribution in [0.5, 0.6) is 5.75 Å². The van der Waals surface area contributed by atoms with Crippen LogP contribution in [0.2, 0.25) is 0 Å². The SMILES string of the molecule is Cc1ccc(O)c2c1C(C)CC2Nc1cccc(CO)c1. The molecule has 1 aliphatic carbocycles. The minimum atomic E-state index is 0.0392. The molecule has 0 radical (unpaired) electrons. The number of aromatic hydroxyl groups is 1. The van der Waals surface area contributed by atoms with Crippen molar-refractivity contribution >= 4 is 5.69 Å². The van der Waals surface area contributed by atoms with Gasteiger partial charge in [0.1, 0.15) is 5.75 Å². The summed E-state index contributed by atoms with van der Waals surface area (Å²) in [6, 6.07) is 11.7. The summed E-state index contributed by atoms with van der Waals surface area (Å²) in [6.45, 7) is 4.35. The lowest BCUT2D eigenvalue weighted by molar-refractivity contribution is 0.282. The highest BCUT2D eigenvalue weighted by Crippen LogP contribution is 2.47. The van der Waals surface area contributed by atoms with Crippen LogP contribution >= 0.6 is 0 Å². The van der Waals surface area contributed by atoms with E-state index in [0.29, 0.717) is 11.7 Å². The van der Waals surface area contributed by atoms with Gasteiger partial charge in [-0.05, 0) is 54.2 Å². The molecule has 21 heavy (non-hydrogen) atoms. The van der Waals surface area contributed by atoms with Crippen molar-refractivity contribution in [2.24, 2.45) is 0 Å². The minimum absolute atomic E-state index is 0.0392. The molecule has 2 atom stereocenters. The Hall–Kier alpha value is -2.00. The van der Waals surface area contributed by atoms with Crippen molar-refractivity contribution in [3.63, 3.8) is 0 Å². The molecule has 2 aromatic carbocycles. The number of benzene rings is 2. The Balaban J connectivity index is 1.94. The van der Waals surface area contributed by atoms with E-state index in [4.69, 9.17) is 0 Å². The summed E-state index contributed by atoms with van der Waals surface area (Å²) in [4.78, 5) is 0. The van der Waals surface area contributed by atoms with E-state index in [1.807, 2.05) is 30.3 Å². The van der Waals surface area contributed by atoms with Crippen LogP contribution in [0.4, 0.5) is 5.69 Å². The molecule has 2 aromatic rings. The van der Waals surface area contributed by atoms with Gasteiger partial charge in [0.2, 0.25) is 0 Å². The van der Waals surface area contributed by atoms with E-state index < -0.39 is 0 Å². The maximum Gasteiger partial charge on any atom is 0.121 e. The minimum Gasteiger partial charge on any atom is -0.508 e. The first-order valence-corrected chi connectivity index (χ1v) is 7.39. The Morgan fingerprint density at radius 3 is 2.76 bits per heavy atom. The predicted molar refractivity (Wildman–Crippen MR) is 84.6 cm³/mol. The topological polar surface area (TPSA) is 52.5 Å². The molecule has 0 heterocycles. The van der Waals surface area contributed by atoms with E-state index in [9.17, 15) is 10.2 Å². The van der Waals surface area contributed by atoms with Crippen molar-refractivity contribution in [3.8, 4) is 5.75 Å². The van der Waals surface area contributed by atoms with E-state index in [0.717, 1.165) is 23.2 Å². The fraction of sp³-hybridized carbons (Fsp3) is 0.333. The smallest absolute Gasteiger partial charge is 0.121 e. The Kier molecular flexibility index (Phi) is 3.60. The van der Waals surface area contributed by atoms with Gasteiger partial charge in [0.15, 0.2) is 0 Å². The summed E-state index contributed by atoms with van der Waals surface area (Å²) >= 11 is 0. The van der Waals surface area contributed by atoms with E-state index in [-0.39, 0.29) is 12.6 Å². The molecular weight excluding hydrogens is 262 g/mol. The largest absolute Gasteiger partial charge is 0.508 e. The Labute approximate surface area is 125 Å². The highest BCUT2D eigenvalue weighted by atomic mass is 16.3. The standard InChI is InChI=1S/C18H21NO2/c1-11-6-7-16(21)18-15(8-12(2)17(11)18)19-14-5-3-4-13(9-14)10-20/h3-7,9,12,15,19-21H,8,10H2,1-2H3. The molecule has 110 valence electrons. The van der Waals surface area contributed by atoms with Gasteiger partial charge >= 0.3 is 0 Å². The lowest BCUT2D eigenvalue weighted by atomic mass is 9.97. The van der Waals surface area contributed by atoms with Crippen molar-refractivity contribution in [1.82, 2.24) is 0 Å². The third-order valence-electron chi connectivity index (χ3n) is 4.36. The van der Waals surface area contributed by atoms with Gasteiger partial charge in [0.25, 0.3) is 0 Å². The molecule has 0 saturated heterocycles. The molecule has 3 heteroatoms. The second-order valence-corrected chi connectivity index (χ2v) is 5.92. The number of anilines is 1. The number of phenolic OH excluding ortho intramolecular Hbond substituents is 1. The van der Waals surface area contributed by atoms with Crippen LogP contribution in [0.25, 0.3) is 0 Å². The average molecular weight is 283 g/mol. The molecule has 0 aromatic heterocycles. The van der Waals surface area contributed by atoms with Crippen LogP contribution in [0, 0.1) is 6.92 Å². The van der Waals surface area contributed by atoms with Crippen molar-refractivity contribution in [2.45, 2.75) is 38.8 Å². The summed E-state index contributed by atoms with van der Waals surface area (Å²) in [5.74, 6) is 0.807. The monoisotopic (exact) mass is 283 g/mol. The van der Waals surface area contributed by atoms with Crippen molar-refractivity contribution < 1.29 is 10.2 Å². The van der Waals surface area contributed by atoms with Gasteiger partial charge in [-0.3, -0.25) is 0 Å². The molecule has 3 nitrogen and oxygen atoms in total. The van der Waals surface area contributed by atoms with Gasteiger partial charge in [0, 0.05) is 11.3 Å². The number of fused-ring (bicyclic) bond motifs is 1. The van der Waals surface area contributed by atoms with Gasteiger partial charge in [-0.2, -0.15) is 0 Å². The fourth-order valence-electron chi connectivity index (χ4n) is 3.44. The third kappa shape index (κ3) is 2.49. The lowest BCUT2D eigenvalue weighted by Gasteiger charge is -2.17. The Morgan fingerprint density at radius 1 is 1.19 bits per heavy atom. The molecule has 0 aliphatic heterocycles. The summed E-state index contributed by atoms with van der Waals surface area (Å²) in [7, 11) is 0. The van der Waals surface area contributed by atoms with E-state index in [1.165, 1.54) is 11.1 Å². The van der Waals surface area contributed by atoms with E-state index in [2.05, 4.69) is 19.2 Å².